The molecule has 0 bridgehead atoms. The molecule has 3 rings (SSSR count). The van der Waals surface area contributed by atoms with Gasteiger partial charge in [0.15, 0.2) is 0 Å². The highest BCUT2D eigenvalue weighted by molar-refractivity contribution is 6.21. The van der Waals surface area contributed by atoms with Gasteiger partial charge in [-0.05, 0) is 32.4 Å². The molecular weight excluding hydrogens is 308 g/mol. The number of carbonyl (C=O) groups is 3. The van der Waals surface area contributed by atoms with Gasteiger partial charge >= 0.3 is 0 Å². The summed E-state index contributed by atoms with van der Waals surface area (Å²) in [5, 5.41) is 0. The van der Waals surface area contributed by atoms with E-state index in [-0.39, 0.29) is 29.8 Å². The summed E-state index contributed by atoms with van der Waals surface area (Å²) in [4.78, 5) is 40.1. The fourth-order valence-corrected chi connectivity index (χ4v) is 3.29. The van der Waals surface area contributed by atoms with E-state index < -0.39 is 0 Å². The van der Waals surface area contributed by atoms with Crippen molar-refractivity contribution in [3.63, 3.8) is 0 Å². The Balaban J connectivity index is 1.57. The molecule has 0 radical (unpaired) electrons. The first kappa shape index (κ1) is 16.6. The fourth-order valence-electron chi connectivity index (χ4n) is 3.29. The highest BCUT2D eigenvalue weighted by Gasteiger charge is 2.36. The summed E-state index contributed by atoms with van der Waals surface area (Å²) in [6.45, 7) is 5.88. The van der Waals surface area contributed by atoms with Crippen molar-refractivity contribution in [2.24, 2.45) is 0 Å². The maximum Gasteiger partial charge on any atom is 0.261 e. The average molecular weight is 330 g/mol. The summed E-state index contributed by atoms with van der Waals surface area (Å²) < 4.78 is 5.42. The number of amides is 3. The minimum Gasteiger partial charge on any atom is -0.377 e. The van der Waals surface area contributed by atoms with Crippen molar-refractivity contribution < 1.29 is 19.1 Å². The maximum absolute atomic E-state index is 12.5. The minimum absolute atomic E-state index is 0.0416. The molecule has 1 aromatic rings. The molecule has 2 heterocycles. The SMILES string of the molecule is CC1(C)COCCN1C(=O)CCCN1C(=O)c2ccccc2C1=O. The Kier molecular flexibility index (Phi) is 4.41. The number of morpholine rings is 1. The molecule has 128 valence electrons. The number of hydrogen-bond donors (Lipinski definition) is 0. The number of rotatable bonds is 4. The summed E-state index contributed by atoms with van der Waals surface area (Å²) in [7, 11) is 0. The van der Waals surface area contributed by atoms with E-state index in [9.17, 15) is 14.4 Å². The van der Waals surface area contributed by atoms with E-state index in [1.54, 1.807) is 24.3 Å². The van der Waals surface area contributed by atoms with Crippen LogP contribution in [0.25, 0.3) is 0 Å². The van der Waals surface area contributed by atoms with Crippen LogP contribution in [0.5, 0.6) is 0 Å². The van der Waals surface area contributed by atoms with Crippen LogP contribution in [0.4, 0.5) is 0 Å². The predicted octanol–water partition coefficient (Wildman–Crippen LogP) is 1.70. The summed E-state index contributed by atoms with van der Waals surface area (Å²) in [5.74, 6) is -0.496. The van der Waals surface area contributed by atoms with Gasteiger partial charge in [0, 0.05) is 19.5 Å². The monoisotopic (exact) mass is 330 g/mol. The van der Waals surface area contributed by atoms with Crippen LogP contribution in [0, 0.1) is 0 Å². The van der Waals surface area contributed by atoms with Crippen molar-refractivity contribution >= 4 is 17.7 Å². The lowest BCUT2D eigenvalue weighted by Gasteiger charge is -2.42. The Morgan fingerprint density at radius 1 is 1.17 bits per heavy atom. The van der Waals surface area contributed by atoms with Gasteiger partial charge in [-0.3, -0.25) is 19.3 Å². The van der Waals surface area contributed by atoms with Gasteiger partial charge < -0.3 is 9.64 Å². The number of nitrogens with zero attached hydrogens (tertiary/aromatic N) is 2. The molecule has 0 unspecified atom stereocenters. The van der Waals surface area contributed by atoms with E-state index in [2.05, 4.69) is 0 Å². The predicted molar refractivity (Wildman–Crippen MR) is 87.7 cm³/mol. The van der Waals surface area contributed by atoms with Crippen LogP contribution in [0.1, 0.15) is 47.4 Å². The summed E-state index contributed by atoms with van der Waals surface area (Å²) in [6.07, 6.45) is 0.786. The van der Waals surface area contributed by atoms with Crippen LogP contribution < -0.4 is 0 Å². The van der Waals surface area contributed by atoms with Crippen LogP contribution in [0.3, 0.4) is 0 Å². The van der Waals surface area contributed by atoms with E-state index >= 15 is 0 Å². The third kappa shape index (κ3) is 2.94. The molecule has 2 aliphatic heterocycles. The lowest BCUT2D eigenvalue weighted by molar-refractivity contribution is -0.146. The molecule has 3 amide bonds. The molecule has 0 N–H and O–H groups in total. The van der Waals surface area contributed by atoms with E-state index in [0.29, 0.717) is 43.7 Å². The van der Waals surface area contributed by atoms with Gasteiger partial charge in [0.25, 0.3) is 11.8 Å². The quantitative estimate of drug-likeness (QED) is 0.788. The molecule has 1 saturated heterocycles. The van der Waals surface area contributed by atoms with Gasteiger partial charge in [0.1, 0.15) is 0 Å². The normalized spacial score (nSPS) is 19.6. The van der Waals surface area contributed by atoms with Gasteiger partial charge in [-0.2, -0.15) is 0 Å². The highest BCUT2D eigenvalue weighted by atomic mass is 16.5. The standard InChI is InChI=1S/C18H22N2O4/c1-18(2)12-24-11-10-20(18)15(21)8-5-9-19-16(22)13-6-3-4-7-14(13)17(19)23/h3-4,6-7H,5,8-12H2,1-2H3. The van der Waals surface area contributed by atoms with Gasteiger partial charge in [-0.25, -0.2) is 0 Å². The first-order valence-corrected chi connectivity index (χ1v) is 8.25. The summed E-state index contributed by atoms with van der Waals surface area (Å²) in [6, 6.07) is 6.82. The Morgan fingerprint density at radius 2 is 1.79 bits per heavy atom. The second-order valence-electron chi connectivity index (χ2n) is 6.82. The van der Waals surface area contributed by atoms with Gasteiger partial charge in [0.2, 0.25) is 5.91 Å². The van der Waals surface area contributed by atoms with Gasteiger partial charge in [0.05, 0.1) is 29.9 Å². The van der Waals surface area contributed by atoms with Crippen molar-refractivity contribution in [2.45, 2.75) is 32.2 Å². The van der Waals surface area contributed by atoms with Crippen LogP contribution in [0.2, 0.25) is 0 Å². The molecule has 6 nitrogen and oxygen atoms in total. The molecule has 24 heavy (non-hydrogen) atoms. The van der Waals surface area contributed by atoms with Crippen molar-refractivity contribution in [1.82, 2.24) is 9.80 Å². The largest absolute Gasteiger partial charge is 0.377 e. The van der Waals surface area contributed by atoms with Crippen LogP contribution in [0.15, 0.2) is 24.3 Å². The van der Waals surface area contributed by atoms with Crippen LogP contribution >= 0.6 is 0 Å². The van der Waals surface area contributed by atoms with Crippen LogP contribution in [-0.2, 0) is 9.53 Å². The number of ether oxygens (including phenoxy) is 1. The minimum atomic E-state index is -0.315. The molecule has 1 fully saturated rings. The smallest absolute Gasteiger partial charge is 0.261 e. The lowest BCUT2D eigenvalue weighted by atomic mass is 10.0. The van der Waals surface area contributed by atoms with Crippen molar-refractivity contribution in [3.05, 3.63) is 35.4 Å². The zero-order valence-electron chi connectivity index (χ0n) is 14.1. The van der Waals surface area contributed by atoms with E-state index in [1.807, 2.05) is 18.7 Å². The van der Waals surface area contributed by atoms with Gasteiger partial charge in [-0.15, -0.1) is 0 Å². The molecule has 2 aliphatic rings. The zero-order valence-corrected chi connectivity index (χ0v) is 14.1. The number of benzene rings is 1. The third-order valence-corrected chi connectivity index (χ3v) is 4.60. The molecular formula is C18H22N2O4. The number of imide groups is 1. The van der Waals surface area contributed by atoms with E-state index in [4.69, 9.17) is 4.74 Å². The van der Waals surface area contributed by atoms with Crippen molar-refractivity contribution in [2.75, 3.05) is 26.3 Å². The fraction of sp³-hybridized carbons (Fsp3) is 0.500. The Hall–Kier alpha value is -2.21. The third-order valence-electron chi connectivity index (χ3n) is 4.60. The van der Waals surface area contributed by atoms with Crippen molar-refractivity contribution in [1.29, 1.82) is 0 Å². The maximum atomic E-state index is 12.5. The number of carbonyl (C=O) groups excluding carboxylic acids is 3. The Labute approximate surface area is 141 Å². The molecule has 0 saturated carbocycles. The zero-order chi connectivity index (χ0) is 17.3. The molecule has 0 aliphatic carbocycles. The van der Waals surface area contributed by atoms with E-state index in [1.165, 1.54) is 4.90 Å². The first-order valence-electron chi connectivity index (χ1n) is 8.25. The summed E-state index contributed by atoms with van der Waals surface area (Å²) in [5.41, 5.74) is 0.580. The highest BCUT2D eigenvalue weighted by Crippen LogP contribution is 2.24. The Morgan fingerprint density at radius 3 is 2.38 bits per heavy atom. The lowest BCUT2D eigenvalue weighted by Crippen LogP contribution is -2.55. The topological polar surface area (TPSA) is 66.9 Å². The van der Waals surface area contributed by atoms with E-state index in [0.717, 1.165) is 0 Å². The van der Waals surface area contributed by atoms with Crippen molar-refractivity contribution in [3.8, 4) is 0 Å². The number of fused-ring (bicyclic) bond motifs is 1. The second kappa shape index (κ2) is 6.36. The Bertz CT molecular complexity index is 648. The molecule has 6 heteroatoms. The molecule has 0 atom stereocenters. The summed E-state index contributed by atoms with van der Waals surface area (Å²) >= 11 is 0. The van der Waals surface area contributed by atoms with Crippen LogP contribution in [-0.4, -0.2) is 59.4 Å². The molecule has 0 spiro atoms. The molecule has 0 aromatic heterocycles. The molecule has 1 aromatic carbocycles. The number of hydrogen-bond acceptors (Lipinski definition) is 4. The van der Waals surface area contributed by atoms with Gasteiger partial charge in [-0.1, -0.05) is 12.1 Å². The second-order valence-corrected chi connectivity index (χ2v) is 6.82. The first-order chi connectivity index (χ1) is 11.4. The average Bonchev–Trinajstić information content (AvgIpc) is 2.79.